The number of hydrogen-bond acceptors (Lipinski definition) is 6. The number of aromatic nitrogens is 2. The van der Waals surface area contributed by atoms with Crippen molar-refractivity contribution in [2.45, 2.75) is 22.1 Å². The van der Waals surface area contributed by atoms with Gasteiger partial charge in [0.15, 0.2) is 4.77 Å². The van der Waals surface area contributed by atoms with Crippen LogP contribution in [0.25, 0.3) is 0 Å². The third-order valence-electron chi connectivity index (χ3n) is 3.24. The van der Waals surface area contributed by atoms with Gasteiger partial charge in [0.2, 0.25) is 15.9 Å². The van der Waals surface area contributed by atoms with E-state index in [1.807, 2.05) is 0 Å². The van der Waals surface area contributed by atoms with Gasteiger partial charge in [-0.1, -0.05) is 23.4 Å². The van der Waals surface area contributed by atoms with Gasteiger partial charge in [-0.05, 0) is 36.8 Å². The third kappa shape index (κ3) is 2.92. The molecule has 0 fully saturated rings. The van der Waals surface area contributed by atoms with Crippen molar-refractivity contribution >= 4 is 45.6 Å². The molecule has 7 nitrogen and oxygen atoms in total. The first-order valence-electron chi connectivity index (χ1n) is 6.23. The van der Waals surface area contributed by atoms with Crippen molar-refractivity contribution < 1.29 is 13.5 Å². The average Bonchev–Trinajstić information content (AvgIpc) is 2.39. The number of halogens is 1. The van der Waals surface area contributed by atoms with Gasteiger partial charge in [-0.25, -0.2) is 8.42 Å². The number of benzene rings is 1. The lowest BCUT2D eigenvalue weighted by Gasteiger charge is -2.25. The zero-order valence-corrected chi connectivity index (χ0v) is 14.7. The van der Waals surface area contributed by atoms with Gasteiger partial charge in [0, 0.05) is 9.92 Å². The molecule has 11 heteroatoms. The molecule has 122 valence electrons. The summed E-state index contributed by atoms with van der Waals surface area (Å²) in [5.74, 6) is -0.486. The lowest BCUT2D eigenvalue weighted by atomic mass is 10.2. The van der Waals surface area contributed by atoms with Crippen LogP contribution in [-0.2, 0) is 10.0 Å². The molecule has 1 atom stereocenters. The van der Waals surface area contributed by atoms with E-state index in [0.717, 1.165) is 11.8 Å². The first kappa shape index (κ1) is 16.5. The van der Waals surface area contributed by atoms with Gasteiger partial charge in [-0.2, -0.15) is 4.72 Å². The number of H-pyrrole nitrogens is 2. The molecule has 2 aromatic rings. The Morgan fingerprint density at radius 2 is 2.04 bits per heavy atom. The molecule has 0 radical (unpaired) electrons. The van der Waals surface area contributed by atoms with Crippen molar-refractivity contribution in [1.82, 2.24) is 14.7 Å². The minimum Gasteiger partial charge on any atom is -0.494 e. The molecular formula is C12H10ClN3O4S3. The number of aromatic hydroxyl groups is 1. The highest BCUT2D eigenvalue weighted by Gasteiger charge is 2.34. The zero-order chi connectivity index (χ0) is 16.9. The van der Waals surface area contributed by atoms with E-state index >= 15 is 0 Å². The fraction of sp³-hybridized carbons (Fsp3) is 0.167. The van der Waals surface area contributed by atoms with E-state index in [-0.39, 0.29) is 15.2 Å². The van der Waals surface area contributed by atoms with Crippen LogP contribution in [0.1, 0.15) is 16.5 Å². The van der Waals surface area contributed by atoms with Gasteiger partial charge >= 0.3 is 0 Å². The van der Waals surface area contributed by atoms with E-state index < -0.39 is 26.8 Å². The lowest BCUT2D eigenvalue weighted by Crippen LogP contribution is -2.34. The summed E-state index contributed by atoms with van der Waals surface area (Å²) in [6.07, 6.45) is 0. The van der Waals surface area contributed by atoms with Crippen LogP contribution in [-0.4, -0.2) is 23.5 Å². The molecule has 3 rings (SSSR count). The molecule has 0 saturated heterocycles. The van der Waals surface area contributed by atoms with Crippen molar-refractivity contribution in [3.05, 3.63) is 43.4 Å². The molecule has 0 saturated carbocycles. The standard InChI is InChI=1S/C12H10ClN3O4S3/c1-4-2-7-6(3-5(4)13)22-11(16-23(7,19)20)8-9(17)14-12(21)15-10(8)18/h2-3,11,16H,1H3,(H3,14,15,17,18,21). The van der Waals surface area contributed by atoms with Crippen LogP contribution in [0.5, 0.6) is 5.88 Å². The van der Waals surface area contributed by atoms with Crippen LogP contribution < -0.4 is 10.3 Å². The average molecular weight is 392 g/mol. The lowest BCUT2D eigenvalue weighted by molar-refractivity contribution is 0.440. The molecule has 0 spiro atoms. The first-order chi connectivity index (χ1) is 10.7. The largest absolute Gasteiger partial charge is 0.494 e. The topological polar surface area (TPSA) is 115 Å². The van der Waals surface area contributed by atoms with Gasteiger partial charge in [-0.3, -0.25) is 9.78 Å². The number of rotatable bonds is 1. The molecule has 0 aliphatic carbocycles. The summed E-state index contributed by atoms with van der Waals surface area (Å²) in [6.45, 7) is 1.70. The van der Waals surface area contributed by atoms with E-state index in [2.05, 4.69) is 14.7 Å². The maximum Gasteiger partial charge on any atom is 0.261 e. The summed E-state index contributed by atoms with van der Waals surface area (Å²) >= 11 is 11.9. The normalized spacial score (nSPS) is 19.3. The fourth-order valence-corrected chi connectivity index (χ4v) is 5.74. The van der Waals surface area contributed by atoms with E-state index in [9.17, 15) is 18.3 Å². The smallest absolute Gasteiger partial charge is 0.261 e. The first-order valence-corrected chi connectivity index (χ1v) is 9.38. The number of aryl methyl sites for hydroxylation is 1. The molecule has 4 N–H and O–H groups in total. The summed E-state index contributed by atoms with van der Waals surface area (Å²) < 4.78 is 27.1. The Bertz CT molecular complexity index is 1030. The van der Waals surface area contributed by atoms with Gasteiger partial charge in [-0.15, -0.1) is 0 Å². The van der Waals surface area contributed by atoms with Crippen LogP contribution >= 0.6 is 35.6 Å². The molecule has 1 aliphatic heterocycles. The number of aromatic amines is 2. The quantitative estimate of drug-likeness (QED) is 0.554. The number of thioether (sulfide) groups is 1. The van der Waals surface area contributed by atoms with Crippen LogP contribution in [0.15, 0.2) is 26.7 Å². The van der Waals surface area contributed by atoms with E-state index in [1.54, 1.807) is 6.92 Å². The number of fused-ring (bicyclic) bond motifs is 1. The van der Waals surface area contributed by atoms with Crippen molar-refractivity contribution in [3.63, 3.8) is 0 Å². The molecule has 1 aliphatic rings. The second-order valence-electron chi connectivity index (χ2n) is 4.84. The Morgan fingerprint density at radius 1 is 1.35 bits per heavy atom. The monoisotopic (exact) mass is 391 g/mol. The molecule has 0 amide bonds. The third-order valence-corrected chi connectivity index (χ3v) is 6.78. The summed E-state index contributed by atoms with van der Waals surface area (Å²) in [7, 11) is -3.86. The summed E-state index contributed by atoms with van der Waals surface area (Å²) in [5, 5.41) is 9.33. The highest BCUT2D eigenvalue weighted by molar-refractivity contribution is 8.02. The summed E-state index contributed by atoms with van der Waals surface area (Å²) in [4.78, 5) is 17.2. The Balaban J connectivity index is 2.18. The SMILES string of the molecule is Cc1cc2c(cc1Cl)SC(c1c(O)[nH]c(=S)[nH]c1=O)NS2(=O)=O. The van der Waals surface area contributed by atoms with Gasteiger partial charge < -0.3 is 10.1 Å². The van der Waals surface area contributed by atoms with Crippen LogP contribution in [0.4, 0.5) is 0 Å². The fourth-order valence-electron chi connectivity index (χ4n) is 2.14. The summed E-state index contributed by atoms with van der Waals surface area (Å²) in [5.41, 5.74) is -0.207. The predicted octanol–water partition coefficient (Wildman–Crippen LogP) is 2.18. The predicted molar refractivity (Wildman–Crippen MR) is 89.0 cm³/mol. The molecule has 23 heavy (non-hydrogen) atoms. The molecule has 0 bridgehead atoms. The van der Waals surface area contributed by atoms with Crippen molar-refractivity contribution in [3.8, 4) is 5.88 Å². The summed E-state index contributed by atoms with van der Waals surface area (Å²) in [6, 6.07) is 2.99. The maximum atomic E-state index is 12.4. The minimum atomic E-state index is -3.86. The molecule has 1 aromatic carbocycles. The van der Waals surface area contributed by atoms with E-state index in [4.69, 9.17) is 23.8 Å². The van der Waals surface area contributed by atoms with Crippen LogP contribution in [0.2, 0.25) is 5.02 Å². The van der Waals surface area contributed by atoms with Crippen molar-refractivity contribution in [1.29, 1.82) is 0 Å². The Morgan fingerprint density at radius 3 is 2.70 bits per heavy atom. The highest BCUT2D eigenvalue weighted by Crippen LogP contribution is 2.44. The number of hydrogen-bond donors (Lipinski definition) is 4. The maximum absolute atomic E-state index is 12.4. The molecular weight excluding hydrogens is 382 g/mol. The minimum absolute atomic E-state index is 0.0565. The van der Waals surface area contributed by atoms with E-state index in [1.165, 1.54) is 12.1 Å². The zero-order valence-electron chi connectivity index (χ0n) is 11.5. The number of nitrogens with one attached hydrogen (secondary N) is 3. The van der Waals surface area contributed by atoms with Crippen LogP contribution in [0.3, 0.4) is 0 Å². The second kappa shape index (κ2) is 5.64. The number of sulfonamides is 1. The second-order valence-corrected chi connectivity index (χ2v) is 8.48. The Kier molecular flexibility index (Phi) is 4.05. The van der Waals surface area contributed by atoms with E-state index in [0.29, 0.717) is 15.5 Å². The Hall–Kier alpha value is -1.33. The van der Waals surface area contributed by atoms with Gasteiger partial charge in [0.1, 0.15) is 10.9 Å². The van der Waals surface area contributed by atoms with Crippen LogP contribution in [0, 0.1) is 11.7 Å². The molecule has 1 aromatic heterocycles. The van der Waals surface area contributed by atoms with Gasteiger partial charge in [0.05, 0.1) is 4.90 Å². The Labute approximate surface area is 145 Å². The van der Waals surface area contributed by atoms with Gasteiger partial charge in [0.25, 0.3) is 5.56 Å². The molecule has 1 unspecified atom stereocenters. The van der Waals surface area contributed by atoms with Crippen molar-refractivity contribution in [2.75, 3.05) is 0 Å². The van der Waals surface area contributed by atoms with Crippen molar-refractivity contribution in [2.24, 2.45) is 0 Å². The highest BCUT2D eigenvalue weighted by atomic mass is 35.5. The molecule has 2 heterocycles.